The van der Waals surface area contributed by atoms with E-state index < -0.39 is 88.3 Å². The number of anilines is 2. The Labute approximate surface area is 144 Å². The molecule has 0 aliphatic heterocycles. The number of nitrogens with one attached hydrogen (secondary N) is 1. The van der Waals surface area contributed by atoms with Crippen LogP contribution in [0.25, 0.3) is 1.43 Å². The molecule has 2 rings (SSSR count). The zero-order valence-electron chi connectivity index (χ0n) is 22.5. The smallest absolute Gasteiger partial charge is 0.307 e. The summed E-state index contributed by atoms with van der Waals surface area (Å²) in [6.07, 6.45) is -3.49. The lowest BCUT2D eigenvalue weighted by atomic mass is 10.1. The molecule has 5 heteroatoms. The minimum absolute atomic E-state index is 0.0474. The van der Waals surface area contributed by atoms with Crippen molar-refractivity contribution in [2.75, 3.05) is 5.31 Å². The summed E-state index contributed by atoms with van der Waals surface area (Å²) in [6.45, 7) is -2.13. The maximum Gasteiger partial charge on any atom is 0.307 e. The van der Waals surface area contributed by atoms with Crippen molar-refractivity contribution in [1.29, 1.82) is 1.43 Å². The van der Waals surface area contributed by atoms with Gasteiger partial charge >= 0.3 is 5.97 Å². The Morgan fingerprint density at radius 1 is 1.62 bits per heavy atom. The summed E-state index contributed by atoms with van der Waals surface area (Å²) in [6, 6.07) is -4.90. The molecule has 21 heavy (non-hydrogen) atoms. The molecule has 0 spiro atoms. The van der Waals surface area contributed by atoms with E-state index >= 15 is 0 Å². The Hall–Kier alpha value is -2.07. The van der Waals surface area contributed by atoms with Crippen molar-refractivity contribution in [3.8, 4) is 0 Å². The Balaban J connectivity index is 3.12. The van der Waals surface area contributed by atoms with Crippen LogP contribution < -0.4 is 5.31 Å². The van der Waals surface area contributed by atoms with E-state index in [4.69, 9.17) is 28.2 Å². The van der Waals surface area contributed by atoms with Gasteiger partial charge in [-0.25, -0.2) is 4.39 Å². The summed E-state index contributed by atoms with van der Waals surface area (Å²) < 4.78 is 109. The Morgan fingerprint density at radius 3 is 3.14 bits per heavy atom. The zero-order chi connectivity index (χ0) is 25.8. The molecule has 0 saturated heterocycles. The SMILES string of the molecule is [2H]OC(=O)C([2H])([2H])c1c([2H])c(C([2H])([2H])[2H])c([2H])c([2H])c1N([2H])c1c(F)c(C)c([2H])c([2H])c1Cl. The Morgan fingerprint density at radius 2 is 2.43 bits per heavy atom. The molecule has 0 radical (unpaired) electrons. The van der Waals surface area contributed by atoms with E-state index in [-0.39, 0.29) is 5.31 Å². The second-order valence-corrected chi connectivity index (χ2v) is 4.23. The lowest BCUT2D eigenvalue weighted by Crippen LogP contribution is -2.05. The van der Waals surface area contributed by atoms with E-state index in [0.29, 0.717) is 0 Å². The number of rotatable bonds is 4. The summed E-state index contributed by atoms with van der Waals surface area (Å²) in [5.41, 5.74) is -4.87. The molecule has 0 fully saturated rings. The molecule has 0 aliphatic rings. The fourth-order valence-electron chi connectivity index (χ4n) is 1.42. The van der Waals surface area contributed by atoms with Crippen molar-refractivity contribution in [2.24, 2.45) is 0 Å². The summed E-state index contributed by atoms with van der Waals surface area (Å²) in [5, 5.41) is 2.78. The zero-order valence-corrected chi connectivity index (χ0v) is 11.3. The van der Waals surface area contributed by atoms with Crippen LogP contribution in [0.3, 0.4) is 0 Å². The van der Waals surface area contributed by atoms with Gasteiger partial charge in [0.15, 0.2) is 7.23 Å². The number of carbonyl (C=O) groups is 1. The molecular weight excluding hydrogens is 293 g/mol. The first-order valence-corrected chi connectivity index (χ1v) is 5.86. The van der Waals surface area contributed by atoms with Crippen molar-refractivity contribution < 1.29 is 29.4 Å². The molecule has 110 valence electrons. The van der Waals surface area contributed by atoms with Crippen LogP contribution in [0.2, 0.25) is 6.43 Å². The van der Waals surface area contributed by atoms with E-state index in [1.165, 1.54) is 0 Å². The number of hydrogen-bond acceptors (Lipinski definition) is 3. The van der Waals surface area contributed by atoms with Crippen molar-refractivity contribution in [1.82, 2.24) is 0 Å². The highest BCUT2D eigenvalue weighted by Crippen LogP contribution is 2.32. The fraction of sp³-hybridized carbons (Fsp3) is 0.188. The lowest BCUT2D eigenvalue weighted by molar-refractivity contribution is -0.136. The molecule has 0 unspecified atom stereocenters. The monoisotopic (exact) mass is 319 g/mol. The van der Waals surface area contributed by atoms with Gasteiger partial charge in [0.25, 0.3) is 1.43 Å². The van der Waals surface area contributed by atoms with Gasteiger partial charge in [-0.1, -0.05) is 35.3 Å². The number of halogens is 2. The predicted octanol–water partition coefficient (Wildman–Crippen LogP) is 4.47. The summed E-state index contributed by atoms with van der Waals surface area (Å²) in [5.74, 6) is -3.26. The highest BCUT2D eigenvalue weighted by atomic mass is 35.5. The number of carboxylic acid groups (broad SMARTS) is 1. The van der Waals surface area contributed by atoms with Crippen molar-refractivity contribution in [3.05, 3.63) is 57.7 Å². The van der Waals surface area contributed by atoms with Crippen LogP contribution in [0, 0.1) is 19.6 Å². The van der Waals surface area contributed by atoms with Crippen LogP contribution in [0.15, 0.2) is 30.2 Å². The molecule has 0 aliphatic carbocycles. The van der Waals surface area contributed by atoms with E-state index in [1.807, 2.05) is 0 Å². The molecular formula is C16H15ClFNO2. The minimum Gasteiger partial charge on any atom is -0.481 e. The maximum atomic E-state index is 15.0. The highest BCUT2D eigenvalue weighted by molar-refractivity contribution is 6.33. The fourth-order valence-corrected chi connectivity index (χ4v) is 1.60. The summed E-state index contributed by atoms with van der Waals surface area (Å²) in [4.78, 5) is 12.0. The second kappa shape index (κ2) is 6.14. The predicted molar refractivity (Wildman–Crippen MR) is 81.9 cm³/mol. The number of aliphatic carboxylic acids is 1. The quantitative estimate of drug-likeness (QED) is 0.874. The maximum absolute atomic E-state index is 15.0. The van der Waals surface area contributed by atoms with Gasteiger partial charge in [0.1, 0.15) is 0 Å². The van der Waals surface area contributed by atoms with Crippen LogP contribution in [0.1, 0.15) is 30.4 Å². The third-order valence-corrected chi connectivity index (χ3v) is 2.62. The number of benzene rings is 2. The molecule has 3 nitrogen and oxygen atoms in total. The third kappa shape index (κ3) is 3.52. The molecule has 2 N–H and O–H groups in total. The van der Waals surface area contributed by atoms with Gasteiger partial charge in [0, 0.05) is 12.5 Å². The molecule has 0 amide bonds. The van der Waals surface area contributed by atoms with E-state index in [1.54, 1.807) is 0 Å². The van der Waals surface area contributed by atoms with Crippen molar-refractivity contribution in [3.63, 3.8) is 0 Å². The average Bonchev–Trinajstić information content (AvgIpc) is 2.71. The van der Waals surface area contributed by atoms with E-state index in [2.05, 4.69) is 5.11 Å². The van der Waals surface area contributed by atoms with Crippen LogP contribution in [0.4, 0.5) is 15.8 Å². The average molecular weight is 320 g/mol. The van der Waals surface area contributed by atoms with Crippen LogP contribution in [-0.4, -0.2) is 11.1 Å². The second-order valence-electron chi connectivity index (χ2n) is 3.85. The van der Waals surface area contributed by atoms with Crippen molar-refractivity contribution >= 4 is 28.9 Å². The molecule has 0 saturated carbocycles. The standard InChI is InChI=1S/C16H15ClFNO2/c1-9-3-6-13(11(7-9)8-14(20)21)19-16-12(17)5-4-10(2)15(16)18/h3-7,19H,8H2,1-2H3,(H,20,21)/i1D3,3D,4D,5D,6D,7D,8D2/hD2. The first kappa shape index (κ1) is 5.97. The van der Waals surface area contributed by atoms with E-state index in [0.717, 1.165) is 6.92 Å². The van der Waals surface area contributed by atoms with Gasteiger partial charge in [-0.15, -0.1) is 0 Å². The van der Waals surface area contributed by atoms with Crippen LogP contribution in [-0.2, 0) is 11.2 Å². The van der Waals surface area contributed by atoms with Crippen LogP contribution in [0.5, 0.6) is 0 Å². The molecule has 2 aromatic rings. The first-order chi connectivity index (χ1) is 14.9. The molecule has 0 heterocycles. The molecule has 2 aromatic carbocycles. The summed E-state index contributed by atoms with van der Waals surface area (Å²) >= 11 is 5.94. The van der Waals surface area contributed by atoms with Gasteiger partial charge in [-0.05, 0) is 37.0 Å². The van der Waals surface area contributed by atoms with Crippen molar-refractivity contribution in [2.45, 2.75) is 20.1 Å². The summed E-state index contributed by atoms with van der Waals surface area (Å²) in [7, 11) is 0. The topological polar surface area (TPSA) is 49.3 Å². The number of carboxylic acids is 1. The Kier molecular flexibility index (Phi) is 1.75. The van der Waals surface area contributed by atoms with Gasteiger partial charge in [-0.2, -0.15) is 0 Å². The molecule has 0 atom stereocenters. The first-order valence-electron chi connectivity index (χ1n) is 11.3. The van der Waals surface area contributed by atoms with Gasteiger partial charge in [-0.3, -0.25) is 4.79 Å². The van der Waals surface area contributed by atoms with Gasteiger partial charge in [0.05, 0.1) is 23.9 Å². The largest absolute Gasteiger partial charge is 0.481 e. The van der Waals surface area contributed by atoms with E-state index in [9.17, 15) is 9.18 Å². The van der Waals surface area contributed by atoms with Crippen LogP contribution >= 0.6 is 11.6 Å². The minimum atomic E-state index is -3.49. The highest BCUT2D eigenvalue weighted by Gasteiger charge is 2.13. The number of hydrogen-bond donors (Lipinski definition) is 2. The normalized spacial score (nSPS) is 19.8. The molecule has 0 aromatic heterocycles. The lowest BCUT2D eigenvalue weighted by Gasteiger charge is -2.14. The Bertz CT molecular complexity index is 1130. The van der Waals surface area contributed by atoms with Gasteiger partial charge < -0.3 is 10.4 Å². The van der Waals surface area contributed by atoms with Gasteiger partial charge in [0.2, 0.25) is 0 Å². The third-order valence-electron chi connectivity index (χ3n) is 2.35. The molecule has 0 bridgehead atoms.